The normalized spacial score (nSPS) is 12.2. The van der Waals surface area contributed by atoms with Crippen molar-refractivity contribution in [2.45, 2.75) is 33.4 Å². The first-order chi connectivity index (χ1) is 19.1. The number of fused-ring (bicyclic) bond motifs is 6. The maximum absolute atomic E-state index is 12.6. The summed E-state index contributed by atoms with van der Waals surface area (Å²) in [6, 6.07) is 29.2. The number of para-hydroxylation sites is 2. The number of allylic oxidation sites excluding steroid dienone is 2. The zero-order valence-corrected chi connectivity index (χ0v) is 22.2. The van der Waals surface area contributed by atoms with Gasteiger partial charge in [0.25, 0.3) is 0 Å². The Hall–Kier alpha value is -4.70. The zero-order valence-electron chi connectivity index (χ0n) is 22.2. The smallest absolute Gasteiger partial charge is 0.163 e. The number of carbonyl (C=O) groups is 2. The van der Waals surface area contributed by atoms with Gasteiger partial charge in [0, 0.05) is 56.7 Å². The van der Waals surface area contributed by atoms with Crippen molar-refractivity contribution in [3.05, 3.63) is 108 Å². The summed E-state index contributed by atoms with van der Waals surface area (Å²) in [6.07, 6.45) is 6.47. The van der Waals surface area contributed by atoms with E-state index in [-0.39, 0.29) is 18.0 Å². The number of hydrogen-bond acceptors (Lipinski definition) is 2. The number of benzene rings is 4. The minimum Gasteiger partial charge on any atom is -0.341 e. The molecule has 6 rings (SSSR count). The molecule has 0 atom stereocenters. The van der Waals surface area contributed by atoms with E-state index in [0.29, 0.717) is 0 Å². The third-order valence-electron chi connectivity index (χ3n) is 7.50. The van der Waals surface area contributed by atoms with E-state index in [9.17, 15) is 9.59 Å². The summed E-state index contributed by atoms with van der Waals surface area (Å²) in [5.74, 6) is -0.413. The maximum Gasteiger partial charge on any atom is 0.163 e. The second-order valence-corrected chi connectivity index (χ2v) is 9.85. The molecular weight excluding hydrogens is 480 g/mol. The Morgan fingerprint density at radius 2 is 0.974 bits per heavy atom. The fourth-order valence-electron chi connectivity index (χ4n) is 5.70. The molecule has 2 aromatic heterocycles. The van der Waals surface area contributed by atoms with Gasteiger partial charge in [-0.05, 0) is 73.5 Å². The monoisotopic (exact) mass is 510 g/mol. The highest BCUT2D eigenvalue weighted by Crippen LogP contribution is 2.31. The molecule has 0 N–H and O–H groups in total. The topological polar surface area (TPSA) is 44.0 Å². The van der Waals surface area contributed by atoms with Gasteiger partial charge in [-0.25, -0.2) is 0 Å². The SMILES string of the molecule is CCn1c2ccccc2c2cc(/C=C/C(=O)CC(=O)/C=C/c3ccc4c(c3)c3ccccc3n4CC)ccc21. The van der Waals surface area contributed by atoms with Crippen LogP contribution in [0.5, 0.6) is 0 Å². The van der Waals surface area contributed by atoms with Crippen LogP contribution in [-0.4, -0.2) is 20.7 Å². The molecule has 0 amide bonds. The Morgan fingerprint density at radius 1 is 0.564 bits per heavy atom. The quantitative estimate of drug-likeness (QED) is 0.153. The highest BCUT2D eigenvalue weighted by atomic mass is 16.1. The fourth-order valence-corrected chi connectivity index (χ4v) is 5.70. The van der Waals surface area contributed by atoms with Crippen LogP contribution >= 0.6 is 0 Å². The van der Waals surface area contributed by atoms with E-state index in [2.05, 4.69) is 95.8 Å². The Bertz CT molecular complexity index is 1810. The van der Waals surface area contributed by atoms with Crippen molar-refractivity contribution in [2.24, 2.45) is 0 Å². The predicted octanol–water partition coefficient (Wildman–Crippen LogP) is 8.20. The molecular formula is C35H30N2O2. The third-order valence-corrected chi connectivity index (χ3v) is 7.50. The molecule has 0 aliphatic heterocycles. The maximum atomic E-state index is 12.6. The number of ketones is 2. The molecule has 4 aromatic carbocycles. The van der Waals surface area contributed by atoms with E-state index in [1.165, 1.54) is 55.8 Å². The van der Waals surface area contributed by atoms with Crippen molar-refractivity contribution in [1.29, 1.82) is 0 Å². The summed E-state index contributed by atoms with van der Waals surface area (Å²) in [5.41, 5.74) is 6.66. The molecule has 0 saturated heterocycles. The molecule has 0 fully saturated rings. The summed E-state index contributed by atoms with van der Waals surface area (Å²) in [5, 5.41) is 4.74. The molecule has 0 unspecified atom stereocenters. The molecule has 192 valence electrons. The van der Waals surface area contributed by atoms with Gasteiger partial charge in [-0.2, -0.15) is 0 Å². The van der Waals surface area contributed by atoms with Gasteiger partial charge in [0.1, 0.15) is 0 Å². The number of carbonyl (C=O) groups excluding carboxylic acids is 2. The van der Waals surface area contributed by atoms with Gasteiger partial charge in [-0.3, -0.25) is 9.59 Å². The second kappa shape index (κ2) is 10.2. The van der Waals surface area contributed by atoms with Crippen LogP contribution in [0.1, 0.15) is 31.4 Å². The van der Waals surface area contributed by atoms with Crippen LogP contribution in [-0.2, 0) is 22.7 Å². The standard InChI is InChI=1S/C35H30N2O2/c1-3-36-32-11-7-5-9-28(32)30-21-24(15-19-34(30)36)13-17-26(38)23-27(39)18-14-25-16-20-35-31(22-25)29-10-6-8-12-33(29)37(35)4-2/h5-22H,3-4,23H2,1-2H3/b17-13+,18-14+. The van der Waals surface area contributed by atoms with E-state index >= 15 is 0 Å². The average Bonchev–Trinajstić information content (AvgIpc) is 3.46. The number of hydrogen-bond donors (Lipinski definition) is 0. The highest BCUT2D eigenvalue weighted by molar-refractivity contribution is 6.12. The molecule has 0 bridgehead atoms. The van der Waals surface area contributed by atoms with E-state index in [1.807, 2.05) is 12.1 Å². The van der Waals surface area contributed by atoms with Gasteiger partial charge >= 0.3 is 0 Å². The molecule has 0 spiro atoms. The Morgan fingerprint density at radius 3 is 1.41 bits per heavy atom. The first kappa shape index (κ1) is 24.6. The molecule has 39 heavy (non-hydrogen) atoms. The summed E-state index contributed by atoms with van der Waals surface area (Å²) in [7, 11) is 0. The molecule has 2 heterocycles. The zero-order chi connectivity index (χ0) is 26.9. The second-order valence-electron chi connectivity index (χ2n) is 9.85. The van der Waals surface area contributed by atoms with Gasteiger partial charge in [-0.15, -0.1) is 0 Å². The van der Waals surface area contributed by atoms with E-state index in [1.54, 1.807) is 12.2 Å². The van der Waals surface area contributed by atoms with Crippen LogP contribution in [0, 0.1) is 0 Å². The van der Waals surface area contributed by atoms with Crippen molar-refractivity contribution in [3.8, 4) is 0 Å². The first-order valence-electron chi connectivity index (χ1n) is 13.5. The van der Waals surface area contributed by atoms with Crippen LogP contribution in [0.2, 0.25) is 0 Å². The van der Waals surface area contributed by atoms with Crippen LogP contribution in [0.25, 0.3) is 55.8 Å². The van der Waals surface area contributed by atoms with Crippen molar-refractivity contribution in [3.63, 3.8) is 0 Å². The molecule has 4 nitrogen and oxygen atoms in total. The van der Waals surface area contributed by atoms with Gasteiger partial charge in [0.15, 0.2) is 11.6 Å². The van der Waals surface area contributed by atoms with Crippen molar-refractivity contribution in [1.82, 2.24) is 9.13 Å². The number of nitrogens with zero attached hydrogens (tertiary/aromatic N) is 2. The van der Waals surface area contributed by atoms with Crippen LogP contribution in [0.15, 0.2) is 97.1 Å². The average molecular weight is 511 g/mol. The van der Waals surface area contributed by atoms with Crippen molar-refractivity contribution in [2.75, 3.05) is 0 Å². The first-order valence-corrected chi connectivity index (χ1v) is 13.5. The Balaban J connectivity index is 1.17. The summed E-state index contributed by atoms with van der Waals surface area (Å²) in [4.78, 5) is 25.1. The van der Waals surface area contributed by atoms with E-state index in [4.69, 9.17) is 0 Å². The van der Waals surface area contributed by atoms with Crippen LogP contribution in [0.4, 0.5) is 0 Å². The molecule has 0 aliphatic rings. The van der Waals surface area contributed by atoms with Gasteiger partial charge in [0.05, 0.1) is 6.42 Å². The highest BCUT2D eigenvalue weighted by Gasteiger charge is 2.11. The van der Waals surface area contributed by atoms with Gasteiger partial charge in [-0.1, -0.05) is 60.7 Å². The van der Waals surface area contributed by atoms with Crippen molar-refractivity contribution < 1.29 is 9.59 Å². The lowest BCUT2D eigenvalue weighted by Gasteiger charge is -2.02. The Labute approximate surface area is 227 Å². The fraction of sp³-hybridized carbons (Fsp3) is 0.143. The lowest BCUT2D eigenvalue weighted by molar-refractivity contribution is -0.121. The summed E-state index contributed by atoms with van der Waals surface area (Å²) in [6.45, 7) is 6.08. The largest absolute Gasteiger partial charge is 0.341 e. The minimum atomic E-state index is -0.206. The lowest BCUT2D eigenvalue weighted by atomic mass is 10.1. The lowest BCUT2D eigenvalue weighted by Crippen LogP contribution is -2.01. The number of rotatable bonds is 8. The van der Waals surface area contributed by atoms with Crippen LogP contribution in [0.3, 0.4) is 0 Å². The molecule has 0 aliphatic carbocycles. The Kier molecular flexibility index (Phi) is 6.45. The molecule has 0 radical (unpaired) electrons. The number of aromatic nitrogens is 2. The van der Waals surface area contributed by atoms with E-state index < -0.39 is 0 Å². The predicted molar refractivity (Wildman–Crippen MR) is 163 cm³/mol. The van der Waals surface area contributed by atoms with Gasteiger partial charge in [0.2, 0.25) is 0 Å². The van der Waals surface area contributed by atoms with Crippen LogP contribution < -0.4 is 0 Å². The van der Waals surface area contributed by atoms with Gasteiger partial charge < -0.3 is 9.13 Å². The number of aryl methyl sites for hydroxylation is 2. The molecule has 4 heteroatoms. The summed E-state index contributed by atoms with van der Waals surface area (Å²) >= 11 is 0. The molecule has 0 saturated carbocycles. The van der Waals surface area contributed by atoms with E-state index in [0.717, 1.165) is 24.2 Å². The third kappa shape index (κ3) is 4.48. The minimum absolute atomic E-state index is 0.151. The summed E-state index contributed by atoms with van der Waals surface area (Å²) < 4.78 is 4.60. The molecule has 6 aromatic rings. The van der Waals surface area contributed by atoms with Crippen molar-refractivity contribution >= 4 is 67.3 Å².